The Morgan fingerprint density at radius 3 is 2.57 bits per heavy atom. The van der Waals surface area contributed by atoms with Gasteiger partial charge in [-0.2, -0.15) is 0 Å². The zero-order chi connectivity index (χ0) is 40.5. The monoisotopic (exact) mass is 785 g/mol. The normalized spacial score (nSPS) is 16.3. The molecule has 3 aromatic heterocycles. The third-order valence-electron chi connectivity index (χ3n) is 10.3. The number of rotatable bonds is 14. The molecule has 5 heterocycles. The number of methoxy groups -OCH3 is 1. The van der Waals surface area contributed by atoms with E-state index in [2.05, 4.69) is 41.5 Å². The molecule has 1 saturated carbocycles. The van der Waals surface area contributed by atoms with Crippen molar-refractivity contribution in [3.8, 4) is 16.9 Å². The van der Waals surface area contributed by atoms with Crippen molar-refractivity contribution in [2.45, 2.75) is 63.7 Å². The number of nitrogens with one attached hydrogen (secondary N) is 4. The molecule has 0 radical (unpaired) electrons. The summed E-state index contributed by atoms with van der Waals surface area (Å²) in [7, 11) is 1.55. The molecule has 1 atom stereocenters. The standard InChI is InChI=1S/C40H39N11O7/c1-58-32-16-30-26(35(41)27(19-45-30)36(53)46-22-8-9-22)15-25(32)21-7-10-29(43-17-21)37(54)42-13-2-3-14-50-20-23(48-49-50)18-44-28-6-4-5-24-34(28)40(57)51(39(24)56)31-11-12-33(52)47-38(31)55/h4-7,10,15-17,19-20,22,31,44H,2-3,8-9,11-14,18H2,1H3,(H2,41,45)(H,42,54)(H,46,53)(H,47,52,55). The Morgan fingerprint density at radius 2 is 1.81 bits per heavy atom. The van der Waals surface area contributed by atoms with Crippen molar-refractivity contribution in [1.29, 1.82) is 0 Å². The first kappa shape index (κ1) is 37.7. The quantitative estimate of drug-likeness (QED) is 0.0804. The number of imide groups is 2. The molecule has 58 heavy (non-hydrogen) atoms. The molecule has 1 unspecified atom stereocenters. The number of nitrogens with two attached hydrogens (primary N) is 1. The maximum Gasteiger partial charge on any atom is 0.269 e. The Kier molecular flexibility index (Phi) is 10.2. The minimum atomic E-state index is -1.05. The SMILES string of the molecule is COc1cc2ncc(C(=O)NC3CC3)c(N)c2cc1-c1ccc(C(=O)NCCCCn2cc(CNc3cccc4c3C(=O)N(C3CCC(=O)NC3=O)C4=O)nn2)nc1. The van der Waals surface area contributed by atoms with Gasteiger partial charge in [-0.15, -0.1) is 5.10 Å². The lowest BCUT2D eigenvalue weighted by Crippen LogP contribution is -2.54. The highest BCUT2D eigenvalue weighted by molar-refractivity contribution is 6.25. The van der Waals surface area contributed by atoms with Crippen LogP contribution in [0, 0.1) is 0 Å². The second kappa shape index (κ2) is 15.7. The summed E-state index contributed by atoms with van der Waals surface area (Å²) in [6.07, 6.45) is 8.22. The zero-order valence-corrected chi connectivity index (χ0v) is 31.4. The average Bonchev–Trinajstić information content (AvgIpc) is 3.86. The van der Waals surface area contributed by atoms with Gasteiger partial charge in [-0.25, -0.2) is 0 Å². The van der Waals surface area contributed by atoms with E-state index in [9.17, 15) is 28.8 Å². The molecule has 2 fully saturated rings. The minimum Gasteiger partial charge on any atom is -0.496 e. The van der Waals surface area contributed by atoms with Crippen LogP contribution in [0.25, 0.3) is 22.0 Å². The van der Waals surface area contributed by atoms with Crippen molar-refractivity contribution >= 4 is 57.7 Å². The second-order valence-corrected chi connectivity index (χ2v) is 14.3. The Morgan fingerprint density at radius 1 is 0.966 bits per heavy atom. The van der Waals surface area contributed by atoms with Crippen molar-refractivity contribution in [2.24, 2.45) is 0 Å². The van der Waals surface area contributed by atoms with Crippen LogP contribution in [0.3, 0.4) is 0 Å². The number of unbranched alkanes of at least 4 members (excludes halogenated alkanes) is 1. The summed E-state index contributed by atoms with van der Waals surface area (Å²) in [4.78, 5) is 85.9. The molecule has 2 aliphatic heterocycles. The highest BCUT2D eigenvalue weighted by atomic mass is 16.5. The first-order valence-electron chi connectivity index (χ1n) is 18.9. The Labute approximate surface area is 330 Å². The van der Waals surface area contributed by atoms with Gasteiger partial charge in [-0.1, -0.05) is 17.3 Å². The van der Waals surface area contributed by atoms with Crippen molar-refractivity contribution in [3.05, 3.63) is 89.1 Å². The molecule has 0 spiro atoms. The fraction of sp³-hybridized carbons (Fsp3) is 0.300. The summed E-state index contributed by atoms with van der Waals surface area (Å²) >= 11 is 0. The fourth-order valence-electron chi connectivity index (χ4n) is 7.06. The van der Waals surface area contributed by atoms with Crippen molar-refractivity contribution in [3.63, 3.8) is 0 Å². The molecule has 1 aliphatic carbocycles. The number of ether oxygens (including phenoxy) is 1. The highest BCUT2D eigenvalue weighted by Gasteiger charge is 2.45. The third-order valence-corrected chi connectivity index (χ3v) is 10.3. The summed E-state index contributed by atoms with van der Waals surface area (Å²) in [5, 5.41) is 20.2. The summed E-state index contributed by atoms with van der Waals surface area (Å²) in [5.74, 6) is -2.32. The fourth-order valence-corrected chi connectivity index (χ4v) is 7.06. The topological polar surface area (TPSA) is 246 Å². The van der Waals surface area contributed by atoms with Gasteiger partial charge in [0.15, 0.2) is 0 Å². The van der Waals surface area contributed by atoms with Gasteiger partial charge in [-0.05, 0) is 56.4 Å². The number of amides is 6. The second-order valence-electron chi connectivity index (χ2n) is 14.3. The molecule has 1 saturated heterocycles. The number of pyridine rings is 2. The first-order chi connectivity index (χ1) is 28.1. The molecule has 8 rings (SSSR count). The van der Waals surface area contributed by atoms with Crippen molar-refractivity contribution in [1.82, 2.24) is 45.8 Å². The van der Waals surface area contributed by atoms with E-state index in [4.69, 9.17) is 10.5 Å². The maximum absolute atomic E-state index is 13.4. The Balaban J connectivity index is 0.818. The Hall–Kier alpha value is -7.24. The van der Waals surface area contributed by atoms with E-state index in [1.54, 1.807) is 54.5 Å². The van der Waals surface area contributed by atoms with Gasteiger partial charge < -0.3 is 26.4 Å². The molecule has 3 aliphatic rings. The van der Waals surface area contributed by atoms with Crippen LogP contribution in [0.15, 0.2) is 61.1 Å². The van der Waals surface area contributed by atoms with Gasteiger partial charge in [0.25, 0.3) is 23.6 Å². The van der Waals surface area contributed by atoms with Crippen LogP contribution < -0.4 is 31.7 Å². The zero-order valence-electron chi connectivity index (χ0n) is 31.4. The minimum absolute atomic E-state index is 0.0395. The Bertz CT molecular complexity index is 2500. The first-order valence-corrected chi connectivity index (χ1v) is 18.9. The van der Waals surface area contributed by atoms with Gasteiger partial charge in [0.05, 0.1) is 47.7 Å². The molecule has 6 amide bonds. The average molecular weight is 786 g/mol. The maximum atomic E-state index is 13.4. The third kappa shape index (κ3) is 7.50. The van der Waals surface area contributed by atoms with Crippen LogP contribution in [0.4, 0.5) is 11.4 Å². The predicted octanol–water partition coefficient (Wildman–Crippen LogP) is 2.59. The van der Waals surface area contributed by atoms with Crippen molar-refractivity contribution in [2.75, 3.05) is 24.7 Å². The van der Waals surface area contributed by atoms with Crippen LogP contribution in [-0.2, 0) is 22.7 Å². The number of aryl methyl sites for hydroxylation is 1. The number of benzene rings is 2. The lowest BCUT2D eigenvalue weighted by molar-refractivity contribution is -0.136. The molecule has 6 N–H and O–H groups in total. The number of carbonyl (C=O) groups is 6. The molecular weight excluding hydrogens is 747 g/mol. The summed E-state index contributed by atoms with van der Waals surface area (Å²) < 4.78 is 7.31. The van der Waals surface area contributed by atoms with E-state index in [0.29, 0.717) is 76.3 Å². The lowest BCUT2D eigenvalue weighted by Gasteiger charge is -2.27. The number of carbonyl (C=O) groups excluding carboxylic acids is 6. The highest BCUT2D eigenvalue weighted by Crippen LogP contribution is 2.37. The summed E-state index contributed by atoms with van der Waals surface area (Å²) in [6, 6.07) is 11.0. The molecule has 2 aromatic carbocycles. The van der Waals surface area contributed by atoms with E-state index in [-0.39, 0.29) is 54.1 Å². The smallest absolute Gasteiger partial charge is 0.269 e. The number of nitrogen functional groups attached to an aromatic ring is 1. The predicted molar refractivity (Wildman–Crippen MR) is 208 cm³/mol. The largest absolute Gasteiger partial charge is 0.496 e. The molecule has 18 nitrogen and oxygen atoms in total. The van der Waals surface area contributed by atoms with Crippen molar-refractivity contribution < 1.29 is 33.5 Å². The van der Waals surface area contributed by atoms with Crippen LogP contribution >= 0.6 is 0 Å². The number of piperidine rings is 1. The van der Waals surface area contributed by atoms with Gasteiger partial charge >= 0.3 is 0 Å². The molecule has 296 valence electrons. The van der Waals surface area contributed by atoms with E-state index in [0.717, 1.165) is 17.7 Å². The van der Waals surface area contributed by atoms with Gasteiger partial charge in [-0.3, -0.25) is 53.6 Å². The lowest BCUT2D eigenvalue weighted by atomic mass is 10.0. The van der Waals surface area contributed by atoms with Crippen LogP contribution in [0.1, 0.15) is 85.8 Å². The van der Waals surface area contributed by atoms with Crippen LogP contribution in [-0.4, -0.2) is 91.0 Å². The molecular formula is C40H39N11O7. The van der Waals surface area contributed by atoms with E-state index in [1.807, 2.05) is 6.07 Å². The number of hydrogen-bond donors (Lipinski definition) is 5. The number of anilines is 2. The van der Waals surface area contributed by atoms with Gasteiger partial charge in [0.1, 0.15) is 23.2 Å². The van der Waals surface area contributed by atoms with E-state index >= 15 is 0 Å². The molecule has 0 bridgehead atoms. The van der Waals surface area contributed by atoms with Gasteiger partial charge in [0, 0.05) is 66.2 Å². The molecule has 5 aromatic rings. The molecule has 18 heteroatoms. The van der Waals surface area contributed by atoms with E-state index < -0.39 is 29.7 Å². The number of fused-ring (bicyclic) bond motifs is 2. The number of hydrogen-bond acceptors (Lipinski definition) is 13. The van der Waals surface area contributed by atoms with Gasteiger partial charge in [0.2, 0.25) is 11.8 Å². The van der Waals surface area contributed by atoms with E-state index in [1.165, 1.54) is 12.3 Å². The van der Waals surface area contributed by atoms with Crippen LogP contribution in [0.2, 0.25) is 0 Å². The van der Waals surface area contributed by atoms with Crippen LogP contribution in [0.5, 0.6) is 5.75 Å². The number of nitrogens with zero attached hydrogens (tertiary/aromatic N) is 6. The number of aromatic nitrogens is 5. The summed E-state index contributed by atoms with van der Waals surface area (Å²) in [5.41, 5.74) is 10.6. The summed E-state index contributed by atoms with van der Waals surface area (Å²) in [6.45, 7) is 1.18.